The Hall–Kier alpha value is -2.49. The third kappa shape index (κ3) is 3.70. The maximum Gasteiger partial charge on any atom is 0.231 e. The Morgan fingerprint density at radius 3 is 2.71 bits per heavy atom. The molecule has 126 valence electrons. The van der Waals surface area contributed by atoms with Crippen molar-refractivity contribution < 1.29 is 14.3 Å². The van der Waals surface area contributed by atoms with Gasteiger partial charge < -0.3 is 14.8 Å². The predicted molar refractivity (Wildman–Crippen MR) is 93.7 cm³/mol. The summed E-state index contributed by atoms with van der Waals surface area (Å²) in [6.07, 6.45) is 0. The van der Waals surface area contributed by atoms with Gasteiger partial charge in [0.1, 0.15) is 30.6 Å². The smallest absolute Gasteiger partial charge is 0.231 e. The quantitative estimate of drug-likeness (QED) is 0.827. The zero-order chi connectivity index (χ0) is 16.9. The number of benzene rings is 2. The second-order valence-corrected chi connectivity index (χ2v) is 6.26. The zero-order valence-electron chi connectivity index (χ0n) is 14.1. The molecule has 0 fully saturated rings. The summed E-state index contributed by atoms with van der Waals surface area (Å²) >= 11 is 0. The first-order valence-corrected chi connectivity index (χ1v) is 8.37. The van der Waals surface area contributed by atoms with Crippen LogP contribution >= 0.6 is 0 Å². The number of amides is 1. The molecule has 1 unspecified atom stereocenters. The number of carbonyl (C=O) groups is 1. The third-order valence-corrected chi connectivity index (χ3v) is 4.23. The van der Waals surface area contributed by atoms with Crippen LogP contribution in [0, 0.1) is 0 Å². The minimum atomic E-state index is -0.230. The highest BCUT2D eigenvalue weighted by Crippen LogP contribution is 2.33. The van der Waals surface area contributed by atoms with E-state index in [1.54, 1.807) is 0 Å². The van der Waals surface area contributed by atoms with E-state index in [4.69, 9.17) is 9.47 Å². The van der Waals surface area contributed by atoms with Gasteiger partial charge in [-0.05, 0) is 29.7 Å². The third-order valence-electron chi connectivity index (χ3n) is 4.23. The number of ether oxygens (including phenoxy) is 2. The lowest BCUT2D eigenvalue weighted by Gasteiger charge is -2.12. The monoisotopic (exact) mass is 325 g/mol. The summed E-state index contributed by atoms with van der Waals surface area (Å²) in [7, 11) is 0. The van der Waals surface area contributed by atoms with Crippen molar-refractivity contribution in [2.45, 2.75) is 25.7 Å². The predicted octanol–water partition coefficient (Wildman–Crippen LogP) is 3.48. The van der Waals surface area contributed by atoms with Crippen LogP contribution in [0.1, 0.15) is 36.8 Å². The van der Waals surface area contributed by atoms with Gasteiger partial charge in [-0.15, -0.1) is 0 Å². The number of carbonyl (C=O) groups excluding carboxylic acids is 1. The molecule has 0 saturated heterocycles. The second-order valence-electron chi connectivity index (χ2n) is 6.26. The maximum atomic E-state index is 12.3. The highest BCUT2D eigenvalue weighted by Gasteiger charge is 2.29. The summed E-state index contributed by atoms with van der Waals surface area (Å²) in [6, 6.07) is 15.8. The molecule has 1 aliphatic rings. The standard InChI is InChI=1S/C20H23NO3/c1-14(2)15-7-9-16(10-8-15)23-12-11-21-20(22)18-13-24-19-6-4-3-5-17(18)19/h3-10,14,18H,11-13H2,1-2H3,(H,21,22). The van der Waals surface area contributed by atoms with Crippen molar-refractivity contribution in [2.75, 3.05) is 19.8 Å². The number of rotatable bonds is 6. The summed E-state index contributed by atoms with van der Waals surface area (Å²) in [5.41, 5.74) is 2.25. The van der Waals surface area contributed by atoms with Crippen molar-refractivity contribution in [3.8, 4) is 11.5 Å². The molecule has 4 nitrogen and oxygen atoms in total. The Morgan fingerprint density at radius 1 is 1.21 bits per heavy atom. The first-order valence-electron chi connectivity index (χ1n) is 8.37. The van der Waals surface area contributed by atoms with E-state index in [0.29, 0.717) is 25.7 Å². The van der Waals surface area contributed by atoms with E-state index in [9.17, 15) is 4.79 Å². The Bertz CT molecular complexity index is 694. The minimum Gasteiger partial charge on any atom is -0.492 e. The number of para-hydroxylation sites is 1. The van der Waals surface area contributed by atoms with Gasteiger partial charge >= 0.3 is 0 Å². The number of hydrogen-bond acceptors (Lipinski definition) is 3. The van der Waals surface area contributed by atoms with Crippen molar-refractivity contribution in [2.24, 2.45) is 0 Å². The van der Waals surface area contributed by atoms with Crippen LogP contribution in [0.5, 0.6) is 11.5 Å². The molecular formula is C20H23NO3. The molecule has 1 atom stereocenters. The van der Waals surface area contributed by atoms with Crippen LogP contribution < -0.4 is 14.8 Å². The molecular weight excluding hydrogens is 302 g/mol. The average Bonchev–Trinajstić information content (AvgIpc) is 3.03. The van der Waals surface area contributed by atoms with Crippen LogP contribution in [-0.2, 0) is 4.79 Å². The molecule has 1 aliphatic heterocycles. The highest BCUT2D eigenvalue weighted by atomic mass is 16.5. The first-order chi connectivity index (χ1) is 11.6. The Kier molecular flexibility index (Phi) is 5.04. The van der Waals surface area contributed by atoms with Gasteiger partial charge in [-0.2, -0.15) is 0 Å². The lowest BCUT2D eigenvalue weighted by Crippen LogP contribution is -2.33. The summed E-state index contributed by atoms with van der Waals surface area (Å²) in [5, 5.41) is 2.92. The summed E-state index contributed by atoms with van der Waals surface area (Å²) in [5.74, 6) is 1.89. The molecule has 0 spiro atoms. The Labute approximate surface area is 142 Å². The van der Waals surface area contributed by atoms with Crippen molar-refractivity contribution >= 4 is 5.91 Å². The second kappa shape index (κ2) is 7.39. The van der Waals surface area contributed by atoms with Crippen molar-refractivity contribution in [3.05, 3.63) is 59.7 Å². The van der Waals surface area contributed by atoms with Crippen LogP contribution in [-0.4, -0.2) is 25.7 Å². The van der Waals surface area contributed by atoms with Crippen LogP contribution in [0.2, 0.25) is 0 Å². The molecule has 0 saturated carbocycles. The molecule has 0 aliphatic carbocycles. The normalized spacial score (nSPS) is 15.7. The van der Waals surface area contributed by atoms with Gasteiger partial charge in [0.15, 0.2) is 0 Å². The van der Waals surface area contributed by atoms with Crippen LogP contribution in [0.15, 0.2) is 48.5 Å². The van der Waals surface area contributed by atoms with E-state index in [2.05, 4.69) is 31.3 Å². The largest absolute Gasteiger partial charge is 0.492 e. The highest BCUT2D eigenvalue weighted by molar-refractivity contribution is 5.85. The van der Waals surface area contributed by atoms with E-state index in [-0.39, 0.29) is 11.8 Å². The molecule has 0 aromatic heterocycles. The molecule has 1 N–H and O–H groups in total. The molecule has 0 bridgehead atoms. The molecule has 24 heavy (non-hydrogen) atoms. The Morgan fingerprint density at radius 2 is 1.96 bits per heavy atom. The van der Waals surface area contributed by atoms with Crippen LogP contribution in [0.3, 0.4) is 0 Å². The van der Waals surface area contributed by atoms with Gasteiger partial charge in [0.05, 0.1) is 6.54 Å². The molecule has 1 heterocycles. The number of nitrogens with one attached hydrogen (secondary N) is 1. The van der Waals surface area contributed by atoms with Gasteiger partial charge in [0.25, 0.3) is 0 Å². The number of hydrogen-bond donors (Lipinski definition) is 1. The zero-order valence-corrected chi connectivity index (χ0v) is 14.1. The first kappa shape index (κ1) is 16.4. The fourth-order valence-electron chi connectivity index (χ4n) is 2.79. The lowest BCUT2D eigenvalue weighted by atomic mass is 10.0. The van der Waals surface area contributed by atoms with Gasteiger partial charge in [0, 0.05) is 5.56 Å². The minimum absolute atomic E-state index is 0.0151. The van der Waals surface area contributed by atoms with Crippen LogP contribution in [0.4, 0.5) is 0 Å². The van der Waals surface area contributed by atoms with E-state index < -0.39 is 0 Å². The van der Waals surface area contributed by atoms with E-state index in [1.807, 2.05) is 36.4 Å². The maximum absolute atomic E-state index is 12.3. The molecule has 3 rings (SSSR count). The van der Waals surface area contributed by atoms with E-state index in [0.717, 1.165) is 17.1 Å². The van der Waals surface area contributed by atoms with Crippen molar-refractivity contribution in [1.29, 1.82) is 0 Å². The van der Waals surface area contributed by atoms with Gasteiger partial charge in [0.2, 0.25) is 5.91 Å². The van der Waals surface area contributed by atoms with E-state index in [1.165, 1.54) is 5.56 Å². The van der Waals surface area contributed by atoms with Gasteiger partial charge in [-0.1, -0.05) is 44.2 Å². The number of fused-ring (bicyclic) bond motifs is 1. The Balaban J connectivity index is 1.44. The molecule has 0 radical (unpaired) electrons. The van der Waals surface area contributed by atoms with Crippen molar-refractivity contribution in [3.63, 3.8) is 0 Å². The van der Waals surface area contributed by atoms with Crippen molar-refractivity contribution in [1.82, 2.24) is 5.32 Å². The summed E-state index contributed by atoms with van der Waals surface area (Å²) in [4.78, 5) is 12.3. The summed E-state index contributed by atoms with van der Waals surface area (Å²) in [6.45, 7) is 5.65. The summed E-state index contributed by atoms with van der Waals surface area (Å²) < 4.78 is 11.2. The fraction of sp³-hybridized carbons (Fsp3) is 0.350. The van der Waals surface area contributed by atoms with Gasteiger partial charge in [-0.25, -0.2) is 0 Å². The molecule has 4 heteroatoms. The average molecular weight is 325 g/mol. The van der Waals surface area contributed by atoms with E-state index >= 15 is 0 Å². The topological polar surface area (TPSA) is 47.6 Å². The van der Waals surface area contributed by atoms with Crippen LogP contribution in [0.25, 0.3) is 0 Å². The molecule has 1 amide bonds. The SMILES string of the molecule is CC(C)c1ccc(OCCNC(=O)C2COc3ccccc32)cc1. The van der Waals surface area contributed by atoms with Gasteiger partial charge in [-0.3, -0.25) is 4.79 Å². The lowest BCUT2D eigenvalue weighted by molar-refractivity contribution is -0.122. The fourth-order valence-corrected chi connectivity index (χ4v) is 2.79. The molecule has 2 aromatic rings. The molecule has 2 aromatic carbocycles.